The third-order valence-corrected chi connectivity index (χ3v) is 5.93. The maximum atomic E-state index is 14.8. The number of aliphatic hydroxyl groups is 1. The number of carbonyl (C=O) groups is 2. The van der Waals surface area contributed by atoms with E-state index in [1.165, 1.54) is 35.3 Å². The van der Waals surface area contributed by atoms with E-state index in [1.807, 2.05) is 0 Å². The molecule has 0 radical (unpaired) electrons. The Balaban J connectivity index is 1.56. The quantitative estimate of drug-likeness (QED) is 0.305. The number of hydrogen-bond acceptors (Lipinski definition) is 9. The largest absolute Gasteiger partial charge is 0.449 e. The first-order valence-corrected chi connectivity index (χ1v) is 11.8. The zero-order chi connectivity index (χ0) is 28.0. The average molecular weight is 542 g/mol. The van der Waals surface area contributed by atoms with E-state index in [0.29, 0.717) is 17.4 Å². The lowest BCUT2D eigenvalue weighted by molar-refractivity contribution is -0.123. The van der Waals surface area contributed by atoms with Crippen LogP contribution in [-0.2, 0) is 21.7 Å². The highest BCUT2D eigenvalue weighted by atomic mass is 19.1. The number of benzene rings is 2. The summed E-state index contributed by atoms with van der Waals surface area (Å²) < 4.78 is 36.2. The number of halogens is 2. The van der Waals surface area contributed by atoms with E-state index in [9.17, 15) is 23.5 Å². The van der Waals surface area contributed by atoms with E-state index in [1.54, 1.807) is 31.2 Å². The molecule has 0 fully saturated rings. The predicted molar refractivity (Wildman–Crippen MR) is 131 cm³/mol. The van der Waals surface area contributed by atoms with Crippen LogP contribution in [0.1, 0.15) is 19.4 Å². The minimum Gasteiger partial charge on any atom is -0.449 e. The number of nitrogens with zero attached hydrogens (tertiary/aromatic N) is 8. The van der Waals surface area contributed by atoms with Gasteiger partial charge in [-0.05, 0) is 54.6 Å². The smallest absolute Gasteiger partial charge is 0.414 e. The van der Waals surface area contributed by atoms with Crippen molar-refractivity contribution in [2.24, 2.45) is 0 Å². The van der Waals surface area contributed by atoms with Gasteiger partial charge in [-0.25, -0.2) is 27.9 Å². The van der Waals surface area contributed by atoms with Crippen LogP contribution in [0.15, 0.2) is 61.4 Å². The third kappa shape index (κ3) is 6.20. The van der Waals surface area contributed by atoms with Crippen LogP contribution < -0.4 is 10.2 Å². The lowest BCUT2D eigenvalue weighted by Gasteiger charge is -2.35. The first-order chi connectivity index (χ1) is 18.7. The molecule has 2 atom stereocenters. The molecule has 0 saturated heterocycles. The molecule has 0 aliphatic heterocycles. The van der Waals surface area contributed by atoms with Crippen molar-refractivity contribution in [2.45, 2.75) is 32.0 Å². The Morgan fingerprint density at radius 1 is 1.18 bits per heavy atom. The molecule has 2 aromatic heterocycles. The third-order valence-electron chi connectivity index (χ3n) is 5.93. The molecular weight excluding hydrogens is 516 g/mol. The molecule has 0 aliphatic carbocycles. The second-order valence-electron chi connectivity index (χ2n) is 8.49. The molecule has 0 unspecified atom stereocenters. The van der Waals surface area contributed by atoms with Crippen LogP contribution in [-0.4, -0.2) is 71.3 Å². The molecule has 15 heteroatoms. The normalized spacial score (nSPS) is 13.4. The molecule has 0 spiro atoms. The molecule has 204 valence electrons. The molecule has 2 aromatic carbocycles. The Bertz CT molecular complexity index is 1400. The molecule has 2 heterocycles. The molecule has 0 saturated carbocycles. The summed E-state index contributed by atoms with van der Waals surface area (Å²) in [7, 11) is 0. The van der Waals surface area contributed by atoms with Gasteiger partial charge in [0.25, 0.3) is 0 Å². The Morgan fingerprint density at radius 3 is 2.56 bits per heavy atom. The predicted octanol–water partition coefficient (Wildman–Crippen LogP) is 1.59. The van der Waals surface area contributed by atoms with Crippen LogP contribution in [0.4, 0.5) is 19.3 Å². The van der Waals surface area contributed by atoms with Gasteiger partial charge in [-0.1, -0.05) is 6.07 Å². The van der Waals surface area contributed by atoms with Gasteiger partial charge >= 0.3 is 6.09 Å². The van der Waals surface area contributed by atoms with Crippen molar-refractivity contribution in [2.75, 3.05) is 18.1 Å². The van der Waals surface area contributed by atoms with Crippen molar-refractivity contribution in [3.05, 3.63) is 78.6 Å². The molecular formula is C24H25F2N9O4. The summed E-state index contributed by atoms with van der Waals surface area (Å²) in [6.07, 6.45) is 3.16. The number of carbonyl (C=O) groups excluding carboxylic acids is 2. The SMILES string of the molecule is CCOC(=O)N(CC(=O)N[C@H](C)[C@](O)(Cn1cncn1)c1ccc(F)cc1F)c1ccc(-n2cnnn2)cc1. The van der Waals surface area contributed by atoms with E-state index in [4.69, 9.17) is 4.74 Å². The Labute approximate surface area is 221 Å². The minimum absolute atomic E-state index is 0.0670. The number of rotatable bonds is 10. The fraction of sp³-hybridized carbons (Fsp3) is 0.292. The summed E-state index contributed by atoms with van der Waals surface area (Å²) >= 11 is 0. The van der Waals surface area contributed by atoms with Crippen molar-refractivity contribution < 1.29 is 28.2 Å². The summed E-state index contributed by atoms with van der Waals surface area (Å²) in [4.78, 5) is 30.8. The number of aromatic nitrogens is 7. The molecule has 4 rings (SSSR count). The van der Waals surface area contributed by atoms with Crippen LogP contribution in [0.5, 0.6) is 0 Å². The van der Waals surface area contributed by atoms with Crippen LogP contribution in [0.2, 0.25) is 0 Å². The first-order valence-electron chi connectivity index (χ1n) is 11.8. The van der Waals surface area contributed by atoms with Crippen molar-refractivity contribution in [3.63, 3.8) is 0 Å². The second kappa shape index (κ2) is 11.7. The van der Waals surface area contributed by atoms with Gasteiger partial charge in [0.1, 0.15) is 42.8 Å². The van der Waals surface area contributed by atoms with Gasteiger partial charge in [-0.15, -0.1) is 5.10 Å². The molecule has 4 aromatic rings. The van der Waals surface area contributed by atoms with Crippen LogP contribution in [0, 0.1) is 11.6 Å². The molecule has 2 N–H and O–H groups in total. The van der Waals surface area contributed by atoms with Crippen molar-refractivity contribution in [1.29, 1.82) is 0 Å². The number of nitrogens with one attached hydrogen (secondary N) is 1. The molecule has 0 aliphatic rings. The van der Waals surface area contributed by atoms with Gasteiger partial charge < -0.3 is 15.2 Å². The van der Waals surface area contributed by atoms with Gasteiger partial charge in [-0.3, -0.25) is 9.69 Å². The molecule has 13 nitrogen and oxygen atoms in total. The standard InChI is InChI=1S/C24H25F2N9O4/c1-3-39-23(37)34(18-5-7-19(8-6-18)35-15-28-31-32-35)11-22(36)30-16(2)24(38,12-33-14-27-13-29-33)20-9-4-17(25)10-21(20)26/h4-10,13-16,38H,3,11-12H2,1-2H3,(H,30,36)/t16-,24-/m1/s1. The fourth-order valence-electron chi connectivity index (χ4n) is 3.93. The molecule has 0 bridgehead atoms. The highest BCUT2D eigenvalue weighted by molar-refractivity contribution is 5.95. The van der Waals surface area contributed by atoms with Crippen LogP contribution >= 0.6 is 0 Å². The van der Waals surface area contributed by atoms with E-state index < -0.39 is 41.8 Å². The van der Waals surface area contributed by atoms with Gasteiger partial charge in [-0.2, -0.15) is 5.10 Å². The Hall–Kier alpha value is -4.79. The maximum absolute atomic E-state index is 14.8. The van der Waals surface area contributed by atoms with E-state index in [2.05, 4.69) is 30.9 Å². The number of hydrogen-bond donors (Lipinski definition) is 2. The van der Waals surface area contributed by atoms with E-state index in [0.717, 1.165) is 17.0 Å². The van der Waals surface area contributed by atoms with E-state index >= 15 is 0 Å². The zero-order valence-electron chi connectivity index (χ0n) is 21.0. The lowest BCUT2D eigenvalue weighted by Crippen LogP contribution is -2.54. The zero-order valence-corrected chi connectivity index (χ0v) is 21.0. The topological polar surface area (TPSA) is 153 Å². The molecule has 39 heavy (non-hydrogen) atoms. The first kappa shape index (κ1) is 27.3. The highest BCUT2D eigenvalue weighted by Gasteiger charge is 2.40. The summed E-state index contributed by atoms with van der Waals surface area (Å²) in [5.74, 6) is -2.51. The van der Waals surface area contributed by atoms with Gasteiger partial charge in [0.2, 0.25) is 5.91 Å². The maximum Gasteiger partial charge on any atom is 0.414 e. The summed E-state index contributed by atoms with van der Waals surface area (Å²) in [6, 6.07) is 8.07. The lowest BCUT2D eigenvalue weighted by atomic mass is 9.86. The average Bonchev–Trinajstić information content (AvgIpc) is 3.62. The van der Waals surface area contributed by atoms with Crippen molar-refractivity contribution in [3.8, 4) is 5.69 Å². The number of anilines is 1. The van der Waals surface area contributed by atoms with Crippen LogP contribution in [0.25, 0.3) is 5.69 Å². The minimum atomic E-state index is -2.07. The van der Waals surface area contributed by atoms with Crippen LogP contribution in [0.3, 0.4) is 0 Å². The van der Waals surface area contributed by atoms with Gasteiger partial charge in [0.05, 0.1) is 24.9 Å². The number of amides is 2. The van der Waals surface area contributed by atoms with Gasteiger partial charge in [0.15, 0.2) is 0 Å². The van der Waals surface area contributed by atoms with Crippen molar-refractivity contribution >= 4 is 17.7 Å². The Morgan fingerprint density at radius 2 is 1.95 bits per heavy atom. The van der Waals surface area contributed by atoms with E-state index in [-0.39, 0.29) is 18.7 Å². The summed E-state index contributed by atoms with van der Waals surface area (Å²) in [6.45, 7) is 2.35. The molecule has 2 amide bonds. The Kier molecular flexibility index (Phi) is 8.19. The second-order valence-corrected chi connectivity index (χ2v) is 8.49. The summed E-state index contributed by atoms with van der Waals surface area (Å²) in [5, 5.41) is 29.1. The highest BCUT2D eigenvalue weighted by Crippen LogP contribution is 2.30. The monoisotopic (exact) mass is 541 g/mol. The number of ether oxygens (including phenoxy) is 1. The van der Waals surface area contributed by atoms with Crippen molar-refractivity contribution in [1.82, 2.24) is 40.3 Å². The van der Waals surface area contributed by atoms with Gasteiger partial charge in [0, 0.05) is 17.3 Å². The summed E-state index contributed by atoms with van der Waals surface area (Å²) in [5.41, 5.74) is -1.36. The number of tetrazole rings is 1. The fourth-order valence-corrected chi connectivity index (χ4v) is 3.93.